The average molecular weight is 589 g/mol. The van der Waals surface area contributed by atoms with E-state index in [4.69, 9.17) is 14.2 Å². The molecule has 6 nitrogen and oxygen atoms in total. The van der Waals surface area contributed by atoms with E-state index in [1.54, 1.807) is 18.2 Å². The maximum atomic E-state index is 14.1. The molecule has 0 aliphatic rings. The first-order chi connectivity index (χ1) is 19.4. The molecule has 4 aromatic rings. The number of halogens is 1. The molecule has 208 valence electrons. The van der Waals surface area contributed by atoms with Crippen LogP contribution in [0.5, 0.6) is 28.7 Å². The van der Waals surface area contributed by atoms with E-state index < -0.39 is 17.3 Å². The van der Waals surface area contributed by atoms with Crippen molar-refractivity contribution in [2.24, 2.45) is 0 Å². The largest absolute Gasteiger partial charge is 1.00 e. The van der Waals surface area contributed by atoms with Gasteiger partial charge in [0.2, 0.25) is 0 Å². The Morgan fingerprint density at radius 3 is 2.12 bits per heavy atom. The SMILES string of the molecule is CCCc1c(OCCCOc2cc([O-])c(-c3ccccc3)cc2CC)cccc1Oc1cccc(F)c1C(=O)[O-].[Na+].[Na+]. The van der Waals surface area contributed by atoms with Crippen LogP contribution in [0.3, 0.4) is 0 Å². The van der Waals surface area contributed by atoms with Crippen LogP contribution in [0.15, 0.2) is 78.9 Å². The molecule has 0 radical (unpaired) electrons. The van der Waals surface area contributed by atoms with E-state index in [1.807, 2.05) is 56.3 Å². The summed E-state index contributed by atoms with van der Waals surface area (Å²) in [6, 6.07) is 22.1. The van der Waals surface area contributed by atoms with Gasteiger partial charge in [0.25, 0.3) is 0 Å². The van der Waals surface area contributed by atoms with Gasteiger partial charge in [0.15, 0.2) is 0 Å². The zero-order chi connectivity index (χ0) is 28.5. The van der Waals surface area contributed by atoms with E-state index in [9.17, 15) is 19.4 Å². The first-order valence-electron chi connectivity index (χ1n) is 13.4. The number of carbonyl (C=O) groups excluding carboxylic acids is 1. The fourth-order valence-electron chi connectivity index (χ4n) is 4.46. The molecule has 0 unspecified atom stereocenters. The molecule has 0 bridgehead atoms. The van der Waals surface area contributed by atoms with Crippen LogP contribution in [0.4, 0.5) is 4.39 Å². The zero-order valence-corrected chi connectivity index (χ0v) is 28.6. The van der Waals surface area contributed by atoms with Crippen LogP contribution in [-0.4, -0.2) is 19.2 Å². The summed E-state index contributed by atoms with van der Waals surface area (Å²) in [4.78, 5) is 11.5. The first-order valence-corrected chi connectivity index (χ1v) is 13.4. The zero-order valence-electron chi connectivity index (χ0n) is 24.6. The molecule has 0 saturated carbocycles. The van der Waals surface area contributed by atoms with Crippen LogP contribution in [0.2, 0.25) is 0 Å². The third kappa shape index (κ3) is 8.99. The number of ether oxygens (including phenoxy) is 3. The molecule has 0 amide bonds. The second-order valence-electron chi connectivity index (χ2n) is 9.21. The fraction of sp³-hybridized carbons (Fsp3) is 0.242. The van der Waals surface area contributed by atoms with Crippen LogP contribution in [0, 0.1) is 5.82 Å². The van der Waals surface area contributed by atoms with Gasteiger partial charge in [-0.05, 0) is 65.9 Å². The second-order valence-corrected chi connectivity index (χ2v) is 9.21. The number of benzene rings is 4. The summed E-state index contributed by atoms with van der Waals surface area (Å²) in [5, 5.41) is 24.2. The van der Waals surface area contributed by atoms with Crippen molar-refractivity contribution in [2.45, 2.75) is 39.5 Å². The number of hydrogen-bond donors (Lipinski definition) is 0. The Morgan fingerprint density at radius 2 is 1.45 bits per heavy atom. The Kier molecular flexibility index (Phi) is 14.9. The van der Waals surface area contributed by atoms with Gasteiger partial charge in [-0.15, -0.1) is 0 Å². The minimum absolute atomic E-state index is 0. The standard InChI is InChI=1S/C33H33FO6.2Na/c1-3-11-24-28(15-9-16-29(24)40-30-17-8-14-26(34)32(30)33(36)37)38-18-10-19-39-31-21-27(35)25(20-22(31)4-2)23-12-6-5-7-13-23;;/h5-9,12-17,20-21,35H,3-4,10-11,18-19H2,1-2H3,(H,36,37);;/q;2*+1/p-2. The molecule has 0 N–H and O–H groups in total. The fourth-order valence-corrected chi connectivity index (χ4v) is 4.46. The Labute approximate surface area is 290 Å². The topological polar surface area (TPSA) is 90.9 Å². The summed E-state index contributed by atoms with van der Waals surface area (Å²) < 4.78 is 32.0. The van der Waals surface area contributed by atoms with Gasteiger partial charge in [-0.1, -0.05) is 68.5 Å². The first kappa shape index (κ1) is 35.7. The van der Waals surface area contributed by atoms with Gasteiger partial charge in [-0.3, -0.25) is 0 Å². The van der Waals surface area contributed by atoms with E-state index in [1.165, 1.54) is 12.1 Å². The summed E-state index contributed by atoms with van der Waals surface area (Å²) in [5.74, 6) is -1.24. The molecule has 9 heteroatoms. The summed E-state index contributed by atoms with van der Waals surface area (Å²) >= 11 is 0. The molecule has 0 aliphatic heterocycles. The normalized spacial score (nSPS) is 10.3. The quantitative estimate of drug-likeness (QED) is 0.163. The monoisotopic (exact) mass is 588 g/mol. The summed E-state index contributed by atoms with van der Waals surface area (Å²) in [5.41, 5.74) is 2.62. The Morgan fingerprint density at radius 1 is 0.810 bits per heavy atom. The van der Waals surface area contributed by atoms with Gasteiger partial charge < -0.3 is 29.2 Å². The third-order valence-corrected chi connectivity index (χ3v) is 6.42. The number of hydrogen-bond acceptors (Lipinski definition) is 6. The smallest absolute Gasteiger partial charge is 0.872 e. The van der Waals surface area contributed by atoms with Gasteiger partial charge in [-0.2, -0.15) is 0 Å². The molecule has 4 rings (SSSR count). The molecule has 42 heavy (non-hydrogen) atoms. The Hall–Kier alpha value is -2.52. The molecule has 0 atom stereocenters. The minimum Gasteiger partial charge on any atom is -0.872 e. The van der Waals surface area contributed by atoms with Gasteiger partial charge in [0.1, 0.15) is 28.8 Å². The summed E-state index contributed by atoms with van der Waals surface area (Å²) in [7, 11) is 0. The van der Waals surface area contributed by atoms with E-state index >= 15 is 0 Å². The van der Waals surface area contributed by atoms with Gasteiger partial charge in [-0.25, -0.2) is 4.39 Å². The molecule has 0 heterocycles. The van der Waals surface area contributed by atoms with Crippen LogP contribution < -0.4 is 83.5 Å². The number of carbonyl (C=O) groups is 1. The van der Waals surface area contributed by atoms with E-state index in [0.29, 0.717) is 48.9 Å². The number of aromatic carboxylic acids is 1. The summed E-state index contributed by atoms with van der Waals surface area (Å²) in [6.45, 7) is 4.73. The second kappa shape index (κ2) is 17.6. The molecule has 0 aromatic heterocycles. The van der Waals surface area contributed by atoms with Crippen LogP contribution in [0.25, 0.3) is 11.1 Å². The van der Waals surface area contributed by atoms with Gasteiger partial charge >= 0.3 is 59.1 Å². The van der Waals surface area contributed by atoms with Crippen molar-refractivity contribution in [1.29, 1.82) is 0 Å². The van der Waals surface area contributed by atoms with Crippen molar-refractivity contribution >= 4 is 5.97 Å². The molecule has 0 fully saturated rings. The number of rotatable bonds is 13. The van der Waals surface area contributed by atoms with Crippen LogP contribution in [0.1, 0.15) is 48.2 Å². The maximum Gasteiger partial charge on any atom is 1.00 e. The Bertz CT molecular complexity index is 1460. The number of carboxylic acid groups (broad SMARTS) is 1. The van der Waals surface area contributed by atoms with Crippen LogP contribution >= 0.6 is 0 Å². The molecule has 4 aromatic carbocycles. The van der Waals surface area contributed by atoms with E-state index in [2.05, 4.69) is 0 Å². The van der Waals surface area contributed by atoms with Crippen molar-refractivity contribution in [3.8, 4) is 39.9 Å². The predicted molar refractivity (Wildman–Crippen MR) is 148 cm³/mol. The predicted octanol–water partition coefficient (Wildman–Crippen LogP) is 0.0929. The van der Waals surface area contributed by atoms with E-state index in [-0.39, 0.29) is 70.6 Å². The van der Waals surface area contributed by atoms with Gasteiger partial charge in [0, 0.05) is 12.0 Å². The summed E-state index contributed by atoms with van der Waals surface area (Å²) in [6.07, 6.45) is 2.68. The molecule has 0 spiro atoms. The van der Waals surface area contributed by atoms with Crippen molar-refractivity contribution in [3.63, 3.8) is 0 Å². The number of aryl methyl sites for hydroxylation is 1. The molecule has 0 aliphatic carbocycles. The minimum atomic E-state index is -1.65. The molecular formula is C33H31FNa2O6. The molecule has 0 saturated heterocycles. The molecular weight excluding hydrogens is 557 g/mol. The Balaban J connectivity index is 0.00000308. The van der Waals surface area contributed by atoms with Crippen molar-refractivity contribution < 1.29 is 92.7 Å². The maximum absolute atomic E-state index is 14.1. The van der Waals surface area contributed by atoms with Crippen molar-refractivity contribution in [3.05, 3.63) is 101 Å². The van der Waals surface area contributed by atoms with E-state index in [0.717, 1.165) is 35.6 Å². The van der Waals surface area contributed by atoms with Crippen molar-refractivity contribution in [1.82, 2.24) is 0 Å². The third-order valence-electron chi connectivity index (χ3n) is 6.42. The average Bonchev–Trinajstić information content (AvgIpc) is 2.95. The van der Waals surface area contributed by atoms with Crippen LogP contribution in [-0.2, 0) is 12.8 Å². The van der Waals surface area contributed by atoms with Crippen molar-refractivity contribution in [2.75, 3.05) is 13.2 Å². The van der Waals surface area contributed by atoms with Gasteiger partial charge in [0.05, 0.1) is 24.7 Å². The number of carboxylic acids is 1.